The van der Waals surface area contributed by atoms with Crippen molar-refractivity contribution in [2.75, 3.05) is 17.2 Å². The van der Waals surface area contributed by atoms with Crippen LogP contribution in [0.15, 0.2) is 42.7 Å². The second-order valence-corrected chi connectivity index (χ2v) is 4.14. The van der Waals surface area contributed by atoms with Crippen LogP contribution >= 0.6 is 0 Å². The lowest BCUT2D eigenvalue weighted by Gasteiger charge is -2.12. The number of hydrogen-bond donors (Lipinski definition) is 3. The summed E-state index contributed by atoms with van der Waals surface area (Å²) in [6.45, 7) is -0.244. The summed E-state index contributed by atoms with van der Waals surface area (Å²) in [5.74, 6) is -1.45. The van der Waals surface area contributed by atoms with Gasteiger partial charge in [0.2, 0.25) is 5.91 Å². The monoisotopic (exact) mass is 288 g/mol. The molecule has 2 aromatic rings. The van der Waals surface area contributed by atoms with E-state index in [-0.39, 0.29) is 17.9 Å². The second kappa shape index (κ2) is 6.58. The molecule has 108 valence electrons. The maximum atomic E-state index is 13.3. The molecular weight excluding hydrogens is 275 g/mol. The molecule has 0 unspecified atom stereocenters. The fraction of sp³-hybridized carbons (Fsp3) is 0.0714. The number of pyridine rings is 1. The van der Waals surface area contributed by atoms with Crippen LogP contribution in [0.4, 0.5) is 15.8 Å². The quantitative estimate of drug-likeness (QED) is 0.791. The van der Waals surface area contributed by atoms with E-state index in [1.807, 2.05) is 0 Å². The zero-order chi connectivity index (χ0) is 15.2. The van der Waals surface area contributed by atoms with Crippen molar-refractivity contribution < 1.29 is 14.0 Å². The first-order chi connectivity index (χ1) is 10.1. The summed E-state index contributed by atoms with van der Waals surface area (Å²) >= 11 is 0. The van der Waals surface area contributed by atoms with Gasteiger partial charge >= 0.3 is 0 Å². The average molecular weight is 288 g/mol. The molecule has 1 heterocycles. The molecule has 2 amide bonds. The van der Waals surface area contributed by atoms with Gasteiger partial charge in [-0.15, -0.1) is 0 Å². The Bertz CT molecular complexity index is 661. The summed E-state index contributed by atoms with van der Waals surface area (Å²) < 4.78 is 13.3. The molecule has 0 bridgehead atoms. The largest absolute Gasteiger partial charge is 0.323 e. The van der Waals surface area contributed by atoms with Crippen LogP contribution in [0.25, 0.3) is 0 Å². The van der Waals surface area contributed by atoms with Crippen LogP contribution in [0.3, 0.4) is 0 Å². The zero-order valence-electron chi connectivity index (χ0n) is 11.0. The molecule has 0 spiro atoms. The van der Waals surface area contributed by atoms with Crippen molar-refractivity contribution in [1.29, 1.82) is 0 Å². The summed E-state index contributed by atoms with van der Waals surface area (Å²) in [5.41, 5.74) is 5.96. The van der Waals surface area contributed by atoms with Gasteiger partial charge in [-0.1, -0.05) is 0 Å². The number of carbonyl (C=O) groups is 2. The van der Waals surface area contributed by atoms with Crippen LogP contribution in [0.1, 0.15) is 10.4 Å². The predicted molar refractivity (Wildman–Crippen MR) is 76.3 cm³/mol. The third-order valence-electron chi connectivity index (χ3n) is 2.61. The highest BCUT2D eigenvalue weighted by Crippen LogP contribution is 2.23. The Morgan fingerprint density at radius 1 is 1.19 bits per heavy atom. The number of nitrogens with zero attached hydrogens (tertiary/aromatic N) is 1. The third-order valence-corrected chi connectivity index (χ3v) is 2.61. The number of anilines is 2. The molecule has 1 aromatic carbocycles. The molecule has 6 nitrogen and oxygen atoms in total. The fourth-order valence-corrected chi connectivity index (χ4v) is 1.62. The lowest BCUT2D eigenvalue weighted by molar-refractivity contribution is -0.114. The van der Waals surface area contributed by atoms with Crippen LogP contribution in [-0.2, 0) is 4.79 Å². The first kappa shape index (κ1) is 14.6. The fourth-order valence-electron chi connectivity index (χ4n) is 1.62. The number of hydrogen-bond acceptors (Lipinski definition) is 4. The molecular formula is C14H13FN4O2. The Morgan fingerprint density at radius 3 is 2.67 bits per heavy atom. The number of rotatable bonds is 4. The van der Waals surface area contributed by atoms with Gasteiger partial charge in [0, 0.05) is 12.4 Å². The van der Waals surface area contributed by atoms with Crippen LogP contribution in [0.2, 0.25) is 0 Å². The van der Waals surface area contributed by atoms with E-state index in [2.05, 4.69) is 15.6 Å². The molecule has 0 radical (unpaired) electrons. The summed E-state index contributed by atoms with van der Waals surface area (Å²) in [4.78, 5) is 27.2. The van der Waals surface area contributed by atoms with Gasteiger partial charge in [0.15, 0.2) is 0 Å². The maximum absolute atomic E-state index is 13.3. The standard InChI is InChI=1S/C14H13FN4O2/c15-10-3-4-11(12(6-10)18-13(20)7-16)19-14(21)9-2-1-5-17-8-9/h1-6,8H,7,16H2,(H,18,20)(H,19,21). The van der Waals surface area contributed by atoms with E-state index in [1.54, 1.807) is 18.3 Å². The lowest BCUT2D eigenvalue weighted by Crippen LogP contribution is -2.23. The molecule has 21 heavy (non-hydrogen) atoms. The smallest absolute Gasteiger partial charge is 0.257 e. The molecule has 1 aromatic heterocycles. The topological polar surface area (TPSA) is 97.1 Å². The lowest BCUT2D eigenvalue weighted by atomic mass is 10.2. The van der Waals surface area contributed by atoms with Crippen molar-refractivity contribution in [2.45, 2.75) is 0 Å². The number of aromatic nitrogens is 1. The first-order valence-corrected chi connectivity index (χ1v) is 6.11. The number of nitrogens with one attached hydrogen (secondary N) is 2. The number of carbonyl (C=O) groups excluding carboxylic acids is 2. The van der Waals surface area contributed by atoms with Crippen molar-refractivity contribution >= 4 is 23.2 Å². The highest BCUT2D eigenvalue weighted by Gasteiger charge is 2.11. The molecule has 7 heteroatoms. The Morgan fingerprint density at radius 2 is 2.00 bits per heavy atom. The van der Waals surface area contributed by atoms with E-state index in [4.69, 9.17) is 5.73 Å². The van der Waals surface area contributed by atoms with Crippen molar-refractivity contribution in [3.8, 4) is 0 Å². The number of benzene rings is 1. The minimum atomic E-state index is -0.540. The van der Waals surface area contributed by atoms with E-state index in [9.17, 15) is 14.0 Å². The van der Waals surface area contributed by atoms with E-state index in [0.717, 1.165) is 6.07 Å². The third kappa shape index (κ3) is 3.83. The average Bonchev–Trinajstić information content (AvgIpc) is 2.50. The molecule has 0 saturated carbocycles. The van der Waals surface area contributed by atoms with E-state index < -0.39 is 17.6 Å². The van der Waals surface area contributed by atoms with E-state index >= 15 is 0 Å². The highest BCUT2D eigenvalue weighted by molar-refractivity contribution is 6.07. The summed E-state index contributed by atoms with van der Waals surface area (Å²) in [6, 6.07) is 6.85. The number of nitrogens with two attached hydrogens (primary N) is 1. The van der Waals surface area contributed by atoms with Crippen LogP contribution in [0, 0.1) is 5.82 Å². The Balaban J connectivity index is 2.23. The summed E-state index contributed by atoms with van der Waals surface area (Å²) in [7, 11) is 0. The predicted octanol–water partition coefficient (Wildman–Crippen LogP) is 1.37. The Hall–Kier alpha value is -2.80. The molecule has 2 rings (SSSR count). The number of amides is 2. The summed E-state index contributed by atoms with van der Waals surface area (Å²) in [6.07, 6.45) is 2.94. The number of halogens is 1. The van der Waals surface area contributed by atoms with Gasteiger partial charge in [-0.3, -0.25) is 14.6 Å². The minimum Gasteiger partial charge on any atom is -0.323 e. The van der Waals surface area contributed by atoms with Crippen LogP contribution in [0.5, 0.6) is 0 Å². The summed E-state index contributed by atoms with van der Waals surface area (Å²) in [5, 5.41) is 5.01. The van der Waals surface area contributed by atoms with Crippen LogP contribution < -0.4 is 16.4 Å². The van der Waals surface area contributed by atoms with Gasteiger partial charge in [0.1, 0.15) is 5.82 Å². The first-order valence-electron chi connectivity index (χ1n) is 6.11. The zero-order valence-corrected chi connectivity index (χ0v) is 11.0. The molecule has 0 fully saturated rings. The minimum absolute atomic E-state index is 0.141. The van der Waals surface area contributed by atoms with E-state index in [0.29, 0.717) is 5.56 Å². The Labute approximate surface area is 120 Å². The maximum Gasteiger partial charge on any atom is 0.257 e. The molecule has 0 aliphatic heterocycles. The van der Waals surface area contributed by atoms with Crippen molar-refractivity contribution in [1.82, 2.24) is 4.98 Å². The van der Waals surface area contributed by atoms with Crippen molar-refractivity contribution in [2.24, 2.45) is 5.73 Å². The van der Waals surface area contributed by atoms with Gasteiger partial charge in [-0.2, -0.15) is 0 Å². The SMILES string of the molecule is NCC(=O)Nc1cc(F)ccc1NC(=O)c1cccnc1. The van der Waals surface area contributed by atoms with Crippen LogP contribution in [-0.4, -0.2) is 23.3 Å². The molecule has 0 aliphatic rings. The van der Waals surface area contributed by atoms with Crippen molar-refractivity contribution in [3.05, 3.63) is 54.1 Å². The van der Waals surface area contributed by atoms with Gasteiger partial charge < -0.3 is 16.4 Å². The van der Waals surface area contributed by atoms with E-state index in [1.165, 1.54) is 18.3 Å². The van der Waals surface area contributed by atoms with Gasteiger partial charge in [-0.05, 0) is 30.3 Å². The van der Waals surface area contributed by atoms with Gasteiger partial charge in [0.05, 0.1) is 23.5 Å². The molecule has 0 aliphatic carbocycles. The van der Waals surface area contributed by atoms with Gasteiger partial charge in [-0.25, -0.2) is 4.39 Å². The van der Waals surface area contributed by atoms with Gasteiger partial charge in [0.25, 0.3) is 5.91 Å². The second-order valence-electron chi connectivity index (χ2n) is 4.14. The molecule has 0 atom stereocenters. The van der Waals surface area contributed by atoms with Crippen molar-refractivity contribution in [3.63, 3.8) is 0 Å². The highest BCUT2D eigenvalue weighted by atomic mass is 19.1. The molecule has 0 saturated heterocycles. The molecule has 4 N–H and O–H groups in total. The Kier molecular flexibility index (Phi) is 4.57. The normalized spacial score (nSPS) is 10.0.